The van der Waals surface area contributed by atoms with E-state index in [0.29, 0.717) is 36.7 Å². The van der Waals surface area contributed by atoms with Crippen molar-refractivity contribution in [2.45, 2.75) is 19.8 Å². The van der Waals surface area contributed by atoms with E-state index in [1.54, 1.807) is 18.2 Å². The lowest BCUT2D eigenvalue weighted by Gasteiger charge is -2.30. The number of carbonyl (C=O) groups is 2. The smallest absolute Gasteiger partial charge is 0.314 e. The van der Waals surface area contributed by atoms with Crippen molar-refractivity contribution in [3.05, 3.63) is 51.2 Å². The van der Waals surface area contributed by atoms with Crippen molar-refractivity contribution in [2.24, 2.45) is 5.92 Å². The van der Waals surface area contributed by atoms with E-state index < -0.39 is 0 Å². The number of carbonyl (C=O) groups excluding carboxylic acids is 2. The minimum absolute atomic E-state index is 0.0466. The molecule has 126 valence electrons. The van der Waals surface area contributed by atoms with Crippen LogP contribution in [-0.4, -0.2) is 29.9 Å². The summed E-state index contributed by atoms with van der Waals surface area (Å²) in [4.78, 5) is 27.2. The molecule has 2 aromatic rings. The molecule has 1 fully saturated rings. The maximum atomic E-state index is 12.4. The van der Waals surface area contributed by atoms with E-state index in [2.05, 4.69) is 0 Å². The number of piperidine rings is 1. The Hall–Kier alpha value is -1.85. The molecule has 0 N–H and O–H groups in total. The Balaban J connectivity index is 1.56. The minimum atomic E-state index is -0.233. The fraction of sp³-hybridized carbons (Fsp3) is 0.333. The summed E-state index contributed by atoms with van der Waals surface area (Å²) >= 11 is 7.36. The molecule has 1 aromatic carbocycles. The topological polar surface area (TPSA) is 46.6 Å². The first-order valence-electron chi connectivity index (χ1n) is 7.85. The molecule has 0 radical (unpaired) electrons. The Morgan fingerprint density at radius 2 is 2.00 bits per heavy atom. The monoisotopic (exact) mass is 363 g/mol. The number of esters is 1. The van der Waals surface area contributed by atoms with Gasteiger partial charge in [-0.3, -0.25) is 9.59 Å². The van der Waals surface area contributed by atoms with Gasteiger partial charge in [0.1, 0.15) is 5.75 Å². The van der Waals surface area contributed by atoms with Crippen LogP contribution in [-0.2, 0) is 4.79 Å². The van der Waals surface area contributed by atoms with Gasteiger partial charge in [-0.15, -0.1) is 11.3 Å². The van der Waals surface area contributed by atoms with Crippen LogP contribution in [0, 0.1) is 12.8 Å². The molecule has 6 heteroatoms. The molecule has 0 atom stereocenters. The van der Waals surface area contributed by atoms with Crippen LogP contribution in [0.15, 0.2) is 35.7 Å². The molecule has 1 aromatic heterocycles. The first-order valence-corrected chi connectivity index (χ1v) is 9.11. The van der Waals surface area contributed by atoms with Crippen LogP contribution in [0.2, 0.25) is 5.02 Å². The van der Waals surface area contributed by atoms with E-state index in [9.17, 15) is 9.59 Å². The number of likely N-dealkylation sites (tertiary alicyclic amines) is 1. The fourth-order valence-corrected chi connectivity index (χ4v) is 3.71. The van der Waals surface area contributed by atoms with E-state index in [4.69, 9.17) is 16.3 Å². The van der Waals surface area contributed by atoms with Crippen LogP contribution in [0.1, 0.15) is 28.1 Å². The van der Waals surface area contributed by atoms with E-state index in [-0.39, 0.29) is 17.8 Å². The molecule has 1 aliphatic rings. The zero-order valence-corrected chi connectivity index (χ0v) is 14.9. The second kappa shape index (κ2) is 7.36. The first-order chi connectivity index (χ1) is 11.5. The standard InChI is InChI=1S/C18H18ClNO3S/c1-12-11-14(19)4-5-15(12)23-18(22)13-6-8-20(9-7-13)17(21)16-3-2-10-24-16/h2-5,10-11,13H,6-9H2,1H3. The third kappa shape index (κ3) is 3.79. The van der Waals surface area contributed by atoms with Crippen molar-refractivity contribution in [3.8, 4) is 5.75 Å². The molecule has 0 bridgehead atoms. The molecule has 0 aliphatic carbocycles. The van der Waals surface area contributed by atoms with Gasteiger partial charge in [-0.2, -0.15) is 0 Å². The molecule has 2 heterocycles. The fourth-order valence-electron chi connectivity index (χ4n) is 2.79. The Morgan fingerprint density at radius 1 is 1.25 bits per heavy atom. The highest BCUT2D eigenvalue weighted by molar-refractivity contribution is 7.12. The van der Waals surface area contributed by atoms with Gasteiger partial charge in [-0.1, -0.05) is 17.7 Å². The van der Waals surface area contributed by atoms with Crippen LogP contribution >= 0.6 is 22.9 Å². The molecular weight excluding hydrogens is 346 g/mol. The molecule has 24 heavy (non-hydrogen) atoms. The SMILES string of the molecule is Cc1cc(Cl)ccc1OC(=O)C1CCN(C(=O)c2cccs2)CC1. The lowest BCUT2D eigenvalue weighted by molar-refractivity contribution is -0.140. The second-order valence-corrected chi connectivity index (χ2v) is 7.26. The van der Waals surface area contributed by atoms with Crippen LogP contribution in [0.25, 0.3) is 0 Å². The third-order valence-corrected chi connectivity index (χ3v) is 5.29. The number of ether oxygens (including phenoxy) is 1. The first kappa shape index (κ1) is 17.0. The van der Waals surface area contributed by atoms with Gasteiger partial charge in [0.05, 0.1) is 10.8 Å². The van der Waals surface area contributed by atoms with Gasteiger partial charge in [0, 0.05) is 18.1 Å². The van der Waals surface area contributed by atoms with Gasteiger partial charge < -0.3 is 9.64 Å². The molecule has 4 nitrogen and oxygen atoms in total. The summed E-state index contributed by atoms with van der Waals surface area (Å²) in [5.74, 6) is 0.183. The van der Waals surface area contributed by atoms with Gasteiger partial charge in [0.15, 0.2) is 0 Å². The summed E-state index contributed by atoms with van der Waals surface area (Å²) in [5, 5.41) is 2.51. The van der Waals surface area contributed by atoms with E-state index >= 15 is 0 Å². The average molecular weight is 364 g/mol. The maximum absolute atomic E-state index is 12.4. The minimum Gasteiger partial charge on any atom is -0.426 e. The summed E-state index contributed by atoms with van der Waals surface area (Å²) in [7, 11) is 0. The van der Waals surface area contributed by atoms with Crippen LogP contribution in [0.5, 0.6) is 5.75 Å². The second-order valence-electron chi connectivity index (χ2n) is 5.87. The highest BCUT2D eigenvalue weighted by atomic mass is 35.5. The van der Waals surface area contributed by atoms with Crippen LogP contribution in [0.3, 0.4) is 0 Å². The van der Waals surface area contributed by atoms with Gasteiger partial charge in [-0.05, 0) is 55.0 Å². The zero-order valence-electron chi connectivity index (χ0n) is 13.3. The number of thiophene rings is 1. The number of hydrogen-bond acceptors (Lipinski definition) is 4. The molecule has 1 amide bonds. The molecule has 0 spiro atoms. The molecular formula is C18H18ClNO3S. The summed E-state index contributed by atoms with van der Waals surface area (Å²) in [5.41, 5.74) is 0.834. The lowest BCUT2D eigenvalue weighted by atomic mass is 9.97. The van der Waals surface area contributed by atoms with Crippen molar-refractivity contribution < 1.29 is 14.3 Å². The lowest BCUT2D eigenvalue weighted by Crippen LogP contribution is -2.40. The van der Waals surface area contributed by atoms with Gasteiger partial charge in [0.25, 0.3) is 5.91 Å². The summed E-state index contributed by atoms with van der Waals surface area (Å²) < 4.78 is 5.51. The van der Waals surface area contributed by atoms with E-state index in [1.165, 1.54) is 11.3 Å². The van der Waals surface area contributed by atoms with Crippen LogP contribution < -0.4 is 4.74 Å². The Morgan fingerprint density at radius 3 is 2.62 bits per heavy atom. The predicted octanol–water partition coefficient (Wildman–Crippen LogP) is 4.17. The van der Waals surface area contributed by atoms with Crippen molar-refractivity contribution in [3.63, 3.8) is 0 Å². The van der Waals surface area contributed by atoms with Crippen molar-refractivity contribution in [1.29, 1.82) is 0 Å². The number of nitrogens with zero attached hydrogens (tertiary/aromatic N) is 1. The summed E-state index contributed by atoms with van der Waals surface area (Å²) in [6.45, 7) is 3.02. The highest BCUT2D eigenvalue weighted by Crippen LogP contribution is 2.26. The molecule has 1 aliphatic heterocycles. The van der Waals surface area contributed by atoms with Gasteiger partial charge in [-0.25, -0.2) is 0 Å². The molecule has 1 saturated heterocycles. The molecule has 0 unspecified atom stereocenters. The maximum Gasteiger partial charge on any atom is 0.314 e. The van der Waals surface area contributed by atoms with Gasteiger partial charge >= 0.3 is 5.97 Å². The van der Waals surface area contributed by atoms with Crippen molar-refractivity contribution in [2.75, 3.05) is 13.1 Å². The van der Waals surface area contributed by atoms with Crippen molar-refractivity contribution >= 4 is 34.8 Å². The number of amides is 1. The summed E-state index contributed by atoms with van der Waals surface area (Å²) in [6.07, 6.45) is 1.26. The number of aryl methyl sites for hydroxylation is 1. The number of rotatable bonds is 3. The van der Waals surface area contributed by atoms with E-state index in [1.807, 2.05) is 29.3 Å². The number of benzene rings is 1. The molecule has 3 rings (SSSR count). The number of halogens is 1. The normalized spacial score (nSPS) is 15.3. The van der Waals surface area contributed by atoms with Crippen molar-refractivity contribution in [1.82, 2.24) is 4.90 Å². The van der Waals surface area contributed by atoms with Gasteiger partial charge in [0.2, 0.25) is 0 Å². The quantitative estimate of drug-likeness (QED) is 0.607. The zero-order chi connectivity index (χ0) is 17.1. The Kier molecular flexibility index (Phi) is 5.21. The average Bonchev–Trinajstić information content (AvgIpc) is 3.11. The van der Waals surface area contributed by atoms with Crippen LogP contribution in [0.4, 0.5) is 0 Å². The third-order valence-electron chi connectivity index (χ3n) is 4.19. The molecule has 0 saturated carbocycles. The largest absolute Gasteiger partial charge is 0.426 e. The Bertz CT molecular complexity index is 737. The Labute approximate surface area is 150 Å². The predicted molar refractivity (Wildman–Crippen MR) is 94.8 cm³/mol. The highest BCUT2D eigenvalue weighted by Gasteiger charge is 2.29. The number of hydrogen-bond donors (Lipinski definition) is 0. The van der Waals surface area contributed by atoms with E-state index in [0.717, 1.165) is 10.4 Å². The summed E-state index contributed by atoms with van der Waals surface area (Å²) in [6, 6.07) is 8.89.